The van der Waals surface area contributed by atoms with E-state index in [-0.39, 0.29) is 12.5 Å². The summed E-state index contributed by atoms with van der Waals surface area (Å²) in [5.41, 5.74) is 1.25. The minimum atomic E-state index is -1.10. The normalized spacial score (nSPS) is 13.7. The second kappa shape index (κ2) is 13.2. The molecule has 4 amide bonds. The number of ketones is 1. The summed E-state index contributed by atoms with van der Waals surface area (Å²) in [5.74, 6) is -3.61. The third kappa shape index (κ3) is 8.76. The molecule has 2 aromatic rings. The lowest BCUT2D eigenvalue weighted by molar-refractivity contribution is -0.141. The van der Waals surface area contributed by atoms with Gasteiger partial charge in [-0.1, -0.05) is 52.8 Å². The highest BCUT2D eigenvalue weighted by atomic mass is 16.2. The minimum Gasteiger partial charge on any atom is -0.344 e. The number of rotatable bonds is 11. The average Bonchev–Trinajstić information content (AvgIpc) is 3.19. The fourth-order valence-electron chi connectivity index (χ4n) is 3.88. The molecule has 0 aliphatic rings. The first kappa shape index (κ1) is 31.2. The molecule has 39 heavy (non-hydrogen) atoms. The molecule has 3 atom stereocenters. The summed E-state index contributed by atoms with van der Waals surface area (Å²) in [4.78, 5) is 64.3. The van der Waals surface area contributed by atoms with E-state index >= 15 is 0 Å². The number of Topliss-reactive ketones (excluding diaryl/α,β-unsaturated/α-hetero) is 1. The number of aryl methyl sites for hydroxylation is 2. The Bertz CT molecular complexity index is 1200. The molecule has 1 heterocycles. The first-order valence-corrected chi connectivity index (χ1v) is 12.9. The molecule has 0 aliphatic heterocycles. The van der Waals surface area contributed by atoms with Crippen LogP contribution in [0.5, 0.6) is 0 Å². The van der Waals surface area contributed by atoms with Gasteiger partial charge in [0.1, 0.15) is 12.1 Å². The highest BCUT2D eigenvalue weighted by Crippen LogP contribution is 2.20. The number of hydrogen-bond acceptors (Lipinski definition) is 6. The SMILES string of the molecule is Cc1cc(CNC(=O)C(=O)C(NC(=O)C(C)NC(=O)C(NC(=O)c2ccccc2)C(C)(C)C)C(C)C)n(C)n1. The zero-order valence-electron chi connectivity index (χ0n) is 23.9. The van der Waals surface area contributed by atoms with Crippen LogP contribution >= 0.6 is 0 Å². The van der Waals surface area contributed by atoms with Crippen molar-refractivity contribution in [2.75, 3.05) is 0 Å². The lowest BCUT2D eigenvalue weighted by Crippen LogP contribution is -2.59. The van der Waals surface area contributed by atoms with Gasteiger partial charge < -0.3 is 21.3 Å². The molecule has 11 heteroatoms. The molecule has 2 rings (SSSR count). The van der Waals surface area contributed by atoms with Crippen LogP contribution in [0.25, 0.3) is 0 Å². The molecule has 4 N–H and O–H groups in total. The number of nitrogens with zero attached hydrogens (tertiary/aromatic N) is 2. The summed E-state index contributed by atoms with van der Waals surface area (Å²) >= 11 is 0. The van der Waals surface area contributed by atoms with Crippen LogP contribution < -0.4 is 21.3 Å². The van der Waals surface area contributed by atoms with Gasteiger partial charge in [0.05, 0.1) is 24.0 Å². The molecule has 3 unspecified atom stereocenters. The van der Waals surface area contributed by atoms with E-state index in [1.807, 2.05) is 6.92 Å². The van der Waals surface area contributed by atoms with Gasteiger partial charge in [-0.25, -0.2) is 0 Å². The van der Waals surface area contributed by atoms with Gasteiger partial charge in [-0.3, -0.25) is 28.7 Å². The fourth-order valence-corrected chi connectivity index (χ4v) is 3.88. The van der Waals surface area contributed by atoms with Crippen molar-refractivity contribution in [3.63, 3.8) is 0 Å². The van der Waals surface area contributed by atoms with Crippen LogP contribution in [-0.2, 0) is 32.8 Å². The van der Waals surface area contributed by atoms with E-state index in [1.54, 1.807) is 82.7 Å². The summed E-state index contributed by atoms with van der Waals surface area (Å²) in [7, 11) is 1.74. The highest BCUT2D eigenvalue weighted by molar-refractivity contribution is 6.38. The third-order valence-corrected chi connectivity index (χ3v) is 6.19. The van der Waals surface area contributed by atoms with Crippen molar-refractivity contribution in [1.29, 1.82) is 0 Å². The Morgan fingerprint density at radius 2 is 1.54 bits per heavy atom. The van der Waals surface area contributed by atoms with E-state index < -0.39 is 53.0 Å². The van der Waals surface area contributed by atoms with Gasteiger partial charge in [-0.15, -0.1) is 0 Å². The highest BCUT2D eigenvalue weighted by Gasteiger charge is 2.36. The van der Waals surface area contributed by atoms with E-state index in [4.69, 9.17) is 0 Å². The van der Waals surface area contributed by atoms with Crippen LogP contribution in [0.1, 0.15) is 63.3 Å². The van der Waals surface area contributed by atoms with Gasteiger partial charge in [0.15, 0.2) is 0 Å². The molecule has 1 aromatic heterocycles. The molecule has 0 spiro atoms. The van der Waals surface area contributed by atoms with Crippen molar-refractivity contribution in [2.24, 2.45) is 18.4 Å². The molecule has 0 saturated carbocycles. The Morgan fingerprint density at radius 3 is 2.05 bits per heavy atom. The predicted molar refractivity (Wildman–Crippen MR) is 146 cm³/mol. The van der Waals surface area contributed by atoms with Gasteiger partial charge in [-0.2, -0.15) is 5.10 Å². The molecule has 11 nitrogen and oxygen atoms in total. The first-order chi connectivity index (χ1) is 18.1. The van der Waals surface area contributed by atoms with Crippen molar-refractivity contribution in [3.05, 3.63) is 53.3 Å². The Morgan fingerprint density at radius 1 is 0.923 bits per heavy atom. The summed E-state index contributed by atoms with van der Waals surface area (Å²) in [6.45, 7) is 12.2. The second-order valence-electron chi connectivity index (χ2n) is 11.0. The number of amides is 4. The molecule has 0 bridgehead atoms. The van der Waals surface area contributed by atoms with Crippen molar-refractivity contribution in [3.8, 4) is 0 Å². The molecule has 0 saturated heterocycles. The van der Waals surface area contributed by atoms with E-state index in [2.05, 4.69) is 26.4 Å². The van der Waals surface area contributed by atoms with Crippen molar-refractivity contribution < 1.29 is 24.0 Å². The molecule has 1 aromatic carbocycles. The standard InChI is InChI=1S/C28H40N6O5/c1-16(2)21(22(35)26(38)29-15-20-14-17(3)33-34(20)8)31-24(36)18(4)30-27(39)23(28(5,6)7)32-25(37)19-12-10-9-11-13-19/h9-14,16,18,21,23H,15H2,1-8H3,(H,29,38)(H,30,39)(H,31,36)(H,32,37). The predicted octanol–water partition coefficient (Wildman–Crippen LogP) is 1.40. The van der Waals surface area contributed by atoms with Gasteiger partial charge >= 0.3 is 0 Å². The van der Waals surface area contributed by atoms with E-state index in [9.17, 15) is 24.0 Å². The van der Waals surface area contributed by atoms with E-state index in [0.29, 0.717) is 5.56 Å². The summed E-state index contributed by atoms with van der Waals surface area (Å²) < 4.78 is 1.61. The Kier molecular flexibility index (Phi) is 10.5. The maximum Gasteiger partial charge on any atom is 0.289 e. The van der Waals surface area contributed by atoms with Crippen LogP contribution in [0.4, 0.5) is 0 Å². The number of carbonyl (C=O) groups is 5. The maximum atomic E-state index is 13.1. The molecular weight excluding hydrogens is 500 g/mol. The monoisotopic (exact) mass is 540 g/mol. The van der Waals surface area contributed by atoms with Crippen LogP contribution in [-0.4, -0.2) is 57.3 Å². The van der Waals surface area contributed by atoms with Crippen LogP contribution in [0.15, 0.2) is 36.4 Å². The number of benzene rings is 1. The van der Waals surface area contributed by atoms with Crippen molar-refractivity contribution in [1.82, 2.24) is 31.0 Å². The summed E-state index contributed by atoms with van der Waals surface area (Å²) in [6.07, 6.45) is 0. The number of nitrogens with one attached hydrogen (secondary N) is 4. The minimum absolute atomic E-state index is 0.107. The summed E-state index contributed by atoms with van der Waals surface area (Å²) in [6, 6.07) is 7.23. The van der Waals surface area contributed by atoms with E-state index in [1.165, 1.54) is 6.92 Å². The first-order valence-electron chi connectivity index (χ1n) is 12.9. The van der Waals surface area contributed by atoms with Gasteiger partial charge in [-0.05, 0) is 43.4 Å². The van der Waals surface area contributed by atoms with Gasteiger partial charge in [0, 0.05) is 12.6 Å². The second-order valence-corrected chi connectivity index (χ2v) is 11.0. The quantitative estimate of drug-likeness (QED) is 0.316. The number of carbonyl (C=O) groups excluding carboxylic acids is 5. The molecular formula is C28H40N6O5. The molecule has 212 valence electrons. The Hall–Kier alpha value is -4.02. The Balaban J connectivity index is 2.03. The lowest BCUT2D eigenvalue weighted by atomic mass is 9.85. The molecule has 0 aliphatic carbocycles. The largest absolute Gasteiger partial charge is 0.344 e. The smallest absolute Gasteiger partial charge is 0.289 e. The number of aromatic nitrogens is 2. The third-order valence-electron chi connectivity index (χ3n) is 6.19. The van der Waals surface area contributed by atoms with Gasteiger partial charge in [0.25, 0.3) is 11.8 Å². The summed E-state index contributed by atoms with van der Waals surface area (Å²) in [5, 5.41) is 14.7. The van der Waals surface area contributed by atoms with E-state index in [0.717, 1.165) is 11.4 Å². The van der Waals surface area contributed by atoms with Gasteiger partial charge in [0.2, 0.25) is 17.6 Å². The lowest BCUT2D eigenvalue weighted by Gasteiger charge is -2.31. The maximum absolute atomic E-state index is 13.1. The Labute approximate surface area is 229 Å². The van der Waals surface area contributed by atoms with Crippen molar-refractivity contribution >= 4 is 29.4 Å². The van der Waals surface area contributed by atoms with Crippen molar-refractivity contribution in [2.45, 2.75) is 73.1 Å². The molecule has 0 fully saturated rings. The molecule has 0 radical (unpaired) electrons. The number of hydrogen-bond donors (Lipinski definition) is 4. The zero-order valence-corrected chi connectivity index (χ0v) is 23.9. The average molecular weight is 541 g/mol. The van der Waals surface area contributed by atoms with Crippen LogP contribution in [0.3, 0.4) is 0 Å². The van der Waals surface area contributed by atoms with Crippen LogP contribution in [0.2, 0.25) is 0 Å². The zero-order chi connectivity index (χ0) is 29.5. The fraction of sp³-hybridized carbons (Fsp3) is 0.500. The van der Waals surface area contributed by atoms with Crippen LogP contribution in [0, 0.1) is 18.3 Å². The topological polar surface area (TPSA) is 151 Å².